The van der Waals surface area contributed by atoms with Crippen LogP contribution in [0.4, 0.5) is 0 Å². The van der Waals surface area contributed by atoms with Crippen LogP contribution in [0.5, 0.6) is 0 Å². The SMILES string of the molecule is CCCCCCCCCCCOCCN1CCCCC1. The second-order valence-electron chi connectivity index (χ2n) is 6.34. The van der Waals surface area contributed by atoms with Gasteiger partial charge >= 0.3 is 0 Å². The van der Waals surface area contributed by atoms with Crippen LogP contribution in [0.25, 0.3) is 0 Å². The van der Waals surface area contributed by atoms with Crippen molar-refractivity contribution in [2.45, 2.75) is 84.0 Å². The van der Waals surface area contributed by atoms with Gasteiger partial charge in [-0.05, 0) is 32.4 Å². The third-order valence-corrected chi connectivity index (χ3v) is 4.39. The molecule has 1 rings (SSSR count). The summed E-state index contributed by atoms with van der Waals surface area (Å²) >= 11 is 0. The lowest BCUT2D eigenvalue weighted by atomic mass is 10.1. The van der Waals surface area contributed by atoms with E-state index in [1.807, 2.05) is 0 Å². The molecular formula is C18H37NO. The molecule has 120 valence electrons. The summed E-state index contributed by atoms with van der Waals surface area (Å²) in [4.78, 5) is 2.56. The molecule has 1 fully saturated rings. The number of hydrogen-bond donors (Lipinski definition) is 0. The second kappa shape index (κ2) is 13.9. The molecule has 0 bridgehead atoms. The van der Waals surface area contributed by atoms with Crippen LogP contribution >= 0.6 is 0 Å². The summed E-state index contributed by atoms with van der Waals surface area (Å²) < 4.78 is 5.75. The summed E-state index contributed by atoms with van der Waals surface area (Å²) in [6.07, 6.45) is 16.8. The Morgan fingerprint density at radius 2 is 1.30 bits per heavy atom. The van der Waals surface area contributed by atoms with Gasteiger partial charge in [-0.15, -0.1) is 0 Å². The predicted octanol–water partition coefficient (Wildman–Crippen LogP) is 5.02. The van der Waals surface area contributed by atoms with Crippen molar-refractivity contribution in [3.8, 4) is 0 Å². The lowest BCUT2D eigenvalue weighted by Crippen LogP contribution is -2.32. The molecule has 0 aromatic rings. The van der Waals surface area contributed by atoms with Crippen molar-refractivity contribution in [1.29, 1.82) is 0 Å². The summed E-state index contributed by atoms with van der Waals surface area (Å²) in [6, 6.07) is 0. The number of rotatable bonds is 13. The Labute approximate surface area is 127 Å². The molecule has 0 radical (unpaired) electrons. The molecule has 0 aliphatic carbocycles. The summed E-state index contributed by atoms with van der Waals surface area (Å²) in [5.41, 5.74) is 0. The average Bonchev–Trinajstić information content (AvgIpc) is 2.49. The molecule has 1 aliphatic rings. The van der Waals surface area contributed by atoms with Gasteiger partial charge in [0.15, 0.2) is 0 Å². The molecule has 0 unspecified atom stereocenters. The summed E-state index contributed by atoms with van der Waals surface area (Å²) in [5, 5.41) is 0. The molecule has 1 heterocycles. The minimum absolute atomic E-state index is 0.941. The fourth-order valence-corrected chi connectivity index (χ4v) is 2.99. The standard InChI is InChI=1S/C18H37NO/c1-2-3-4-5-6-7-8-9-13-17-20-18-16-19-14-11-10-12-15-19/h2-18H2,1H3. The van der Waals surface area contributed by atoms with E-state index >= 15 is 0 Å². The highest BCUT2D eigenvalue weighted by atomic mass is 16.5. The van der Waals surface area contributed by atoms with Crippen molar-refractivity contribution in [1.82, 2.24) is 4.90 Å². The molecule has 0 aromatic carbocycles. The Balaban J connectivity index is 1.70. The van der Waals surface area contributed by atoms with Crippen LogP contribution in [0.3, 0.4) is 0 Å². The van der Waals surface area contributed by atoms with Crippen LogP contribution in [0.1, 0.15) is 84.0 Å². The van der Waals surface area contributed by atoms with Crippen LogP contribution in [0.15, 0.2) is 0 Å². The normalized spacial score (nSPS) is 16.6. The van der Waals surface area contributed by atoms with Gasteiger partial charge in [0.25, 0.3) is 0 Å². The largest absolute Gasteiger partial charge is 0.380 e. The number of hydrogen-bond acceptors (Lipinski definition) is 2. The van der Waals surface area contributed by atoms with E-state index in [1.54, 1.807) is 0 Å². The summed E-state index contributed by atoms with van der Waals surface area (Å²) in [6.45, 7) is 7.94. The van der Waals surface area contributed by atoms with E-state index in [0.717, 1.165) is 19.8 Å². The van der Waals surface area contributed by atoms with Gasteiger partial charge in [0.2, 0.25) is 0 Å². The molecule has 0 N–H and O–H groups in total. The Morgan fingerprint density at radius 3 is 1.95 bits per heavy atom. The Bertz CT molecular complexity index is 190. The molecule has 1 aliphatic heterocycles. The molecule has 0 saturated carbocycles. The van der Waals surface area contributed by atoms with Crippen LogP contribution in [-0.2, 0) is 4.74 Å². The van der Waals surface area contributed by atoms with Crippen molar-refractivity contribution < 1.29 is 4.74 Å². The Morgan fingerprint density at radius 1 is 0.700 bits per heavy atom. The van der Waals surface area contributed by atoms with Crippen molar-refractivity contribution >= 4 is 0 Å². The number of nitrogens with zero attached hydrogens (tertiary/aromatic N) is 1. The van der Waals surface area contributed by atoms with Crippen molar-refractivity contribution in [3.63, 3.8) is 0 Å². The Kier molecular flexibility index (Phi) is 12.5. The number of ether oxygens (including phenoxy) is 1. The molecule has 0 atom stereocenters. The van der Waals surface area contributed by atoms with E-state index in [9.17, 15) is 0 Å². The number of unbranched alkanes of at least 4 members (excludes halogenated alkanes) is 8. The van der Waals surface area contributed by atoms with Gasteiger partial charge < -0.3 is 9.64 Å². The predicted molar refractivity (Wildman–Crippen MR) is 88.3 cm³/mol. The van der Waals surface area contributed by atoms with Crippen molar-refractivity contribution in [2.75, 3.05) is 32.8 Å². The quantitative estimate of drug-likeness (QED) is 0.440. The molecule has 1 saturated heterocycles. The summed E-state index contributed by atoms with van der Waals surface area (Å²) in [7, 11) is 0. The van der Waals surface area contributed by atoms with E-state index in [1.165, 1.54) is 90.1 Å². The van der Waals surface area contributed by atoms with E-state index < -0.39 is 0 Å². The third-order valence-electron chi connectivity index (χ3n) is 4.39. The highest BCUT2D eigenvalue weighted by Gasteiger charge is 2.08. The molecule has 0 spiro atoms. The minimum Gasteiger partial charge on any atom is -0.380 e. The first-order chi connectivity index (χ1) is 9.93. The summed E-state index contributed by atoms with van der Waals surface area (Å²) in [5.74, 6) is 0. The van der Waals surface area contributed by atoms with E-state index in [4.69, 9.17) is 4.74 Å². The first kappa shape index (κ1) is 18.0. The Hall–Kier alpha value is -0.0800. The maximum Gasteiger partial charge on any atom is 0.0593 e. The van der Waals surface area contributed by atoms with E-state index in [-0.39, 0.29) is 0 Å². The fourth-order valence-electron chi connectivity index (χ4n) is 2.99. The lowest BCUT2D eigenvalue weighted by molar-refractivity contribution is 0.0938. The molecule has 20 heavy (non-hydrogen) atoms. The molecular weight excluding hydrogens is 246 g/mol. The van der Waals surface area contributed by atoms with Gasteiger partial charge in [0.05, 0.1) is 6.61 Å². The van der Waals surface area contributed by atoms with Gasteiger partial charge in [-0.25, -0.2) is 0 Å². The maximum atomic E-state index is 5.75. The topological polar surface area (TPSA) is 12.5 Å². The van der Waals surface area contributed by atoms with E-state index in [2.05, 4.69) is 11.8 Å². The zero-order chi connectivity index (χ0) is 14.3. The van der Waals surface area contributed by atoms with Crippen LogP contribution in [-0.4, -0.2) is 37.7 Å². The fraction of sp³-hybridized carbons (Fsp3) is 1.00. The van der Waals surface area contributed by atoms with Crippen LogP contribution < -0.4 is 0 Å². The smallest absolute Gasteiger partial charge is 0.0593 e. The van der Waals surface area contributed by atoms with Crippen molar-refractivity contribution in [2.24, 2.45) is 0 Å². The van der Waals surface area contributed by atoms with Gasteiger partial charge in [-0.1, -0.05) is 64.7 Å². The van der Waals surface area contributed by atoms with Crippen LogP contribution in [0.2, 0.25) is 0 Å². The zero-order valence-electron chi connectivity index (χ0n) is 13.9. The monoisotopic (exact) mass is 283 g/mol. The van der Waals surface area contributed by atoms with E-state index in [0.29, 0.717) is 0 Å². The molecule has 0 aromatic heterocycles. The first-order valence-corrected chi connectivity index (χ1v) is 9.23. The minimum atomic E-state index is 0.941. The zero-order valence-corrected chi connectivity index (χ0v) is 13.9. The van der Waals surface area contributed by atoms with Crippen molar-refractivity contribution in [3.05, 3.63) is 0 Å². The first-order valence-electron chi connectivity index (χ1n) is 9.23. The third kappa shape index (κ3) is 10.7. The molecule has 0 amide bonds. The highest BCUT2D eigenvalue weighted by molar-refractivity contribution is 4.63. The van der Waals surface area contributed by atoms with Gasteiger partial charge in [-0.2, -0.15) is 0 Å². The highest BCUT2D eigenvalue weighted by Crippen LogP contribution is 2.10. The molecule has 2 nitrogen and oxygen atoms in total. The molecule has 2 heteroatoms. The van der Waals surface area contributed by atoms with Gasteiger partial charge in [0, 0.05) is 13.2 Å². The lowest BCUT2D eigenvalue weighted by Gasteiger charge is -2.26. The van der Waals surface area contributed by atoms with Gasteiger partial charge in [0.1, 0.15) is 0 Å². The van der Waals surface area contributed by atoms with Gasteiger partial charge in [-0.3, -0.25) is 0 Å². The number of piperidine rings is 1. The second-order valence-corrected chi connectivity index (χ2v) is 6.34. The average molecular weight is 284 g/mol. The van der Waals surface area contributed by atoms with Crippen LogP contribution in [0, 0.1) is 0 Å². The maximum absolute atomic E-state index is 5.75. The number of likely N-dealkylation sites (tertiary alicyclic amines) is 1.